The Bertz CT molecular complexity index is 678. The van der Waals surface area contributed by atoms with Crippen LogP contribution < -0.4 is 0 Å². The molecule has 2 aromatic rings. The first-order chi connectivity index (χ1) is 8.76. The van der Waals surface area contributed by atoms with Gasteiger partial charge < -0.3 is 0 Å². The molecule has 1 aliphatic carbocycles. The SMILES string of the molecule is C=Cc1cccc2c1/C(=C\C)c1cc(Cl)ccc1-2. The van der Waals surface area contributed by atoms with Crippen molar-refractivity contribution < 1.29 is 0 Å². The van der Waals surface area contributed by atoms with Crippen LogP contribution in [0.3, 0.4) is 0 Å². The Hall–Kier alpha value is -1.79. The highest BCUT2D eigenvalue weighted by Gasteiger charge is 2.24. The Balaban J connectivity index is 2.41. The molecule has 0 unspecified atom stereocenters. The van der Waals surface area contributed by atoms with Gasteiger partial charge >= 0.3 is 0 Å². The van der Waals surface area contributed by atoms with Crippen molar-refractivity contribution in [3.8, 4) is 11.1 Å². The van der Waals surface area contributed by atoms with E-state index in [1.165, 1.54) is 33.4 Å². The second-order valence-electron chi connectivity index (χ2n) is 4.37. The van der Waals surface area contributed by atoms with Crippen LogP contribution in [0.1, 0.15) is 23.6 Å². The third-order valence-corrected chi connectivity index (χ3v) is 3.67. The normalized spacial score (nSPS) is 14.4. The third-order valence-electron chi connectivity index (χ3n) is 3.44. The number of hydrogen-bond acceptors (Lipinski definition) is 0. The Morgan fingerprint density at radius 3 is 2.61 bits per heavy atom. The van der Waals surface area contributed by atoms with Crippen molar-refractivity contribution in [2.45, 2.75) is 6.92 Å². The minimum atomic E-state index is 0.779. The lowest BCUT2D eigenvalue weighted by atomic mass is 9.98. The van der Waals surface area contributed by atoms with Gasteiger partial charge in [-0.3, -0.25) is 0 Å². The second-order valence-corrected chi connectivity index (χ2v) is 4.80. The lowest BCUT2D eigenvalue weighted by molar-refractivity contribution is 1.60. The lowest BCUT2D eigenvalue weighted by Crippen LogP contribution is -1.85. The fourth-order valence-corrected chi connectivity index (χ4v) is 2.85. The number of halogens is 1. The van der Waals surface area contributed by atoms with Crippen LogP contribution in [0.25, 0.3) is 22.8 Å². The zero-order valence-electron chi connectivity index (χ0n) is 10.2. The molecule has 0 aromatic heterocycles. The van der Waals surface area contributed by atoms with Gasteiger partial charge in [0.15, 0.2) is 0 Å². The van der Waals surface area contributed by atoms with Crippen molar-refractivity contribution in [2.75, 3.05) is 0 Å². The molecule has 0 N–H and O–H groups in total. The first-order valence-corrected chi connectivity index (χ1v) is 6.36. The van der Waals surface area contributed by atoms with Gasteiger partial charge in [0.1, 0.15) is 0 Å². The van der Waals surface area contributed by atoms with Gasteiger partial charge in [-0.2, -0.15) is 0 Å². The summed E-state index contributed by atoms with van der Waals surface area (Å²) in [5.74, 6) is 0. The summed E-state index contributed by atoms with van der Waals surface area (Å²) in [5.41, 5.74) is 7.44. The molecule has 0 amide bonds. The molecule has 0 aliphatic heterocycles. The van der Waals surface area contributed by atoms with Crippen molar-refractivity contribution in [3.63, 3.8) is 0 Å². The van der Waals surface area contributed by atoms with E-state index < -0.39 is 0 Å². The van der Waals surface area contributed by atoms with Gasteiger partial charge in [-0.05, 0) is 52.4 Å². The summed E-state index contributed by atoms with van der Waals surface area (Å²) in [4.78, 5) is 0. The van der Waals surface area contributed by atoms with E-state index in [0.29, 0.717) is 0 Å². The molecule has 0 atom stereocenters. The summed E-state index contributed by atoms with van der Waals surface area (Å²) in [6, 6.07) is 12.4. The van der Waals surface area contributed by atoms with Crippen LogP contribution in [-0.4, -0.2) is 0 Å². The number of allylic oxidation sites excluding steroid dienone is 1. The lowest BCUT2D eigenvalue weighted by Gasteiger charge is -2.05. The molecule has 88 valence electrons. The molecule has 1 heteroatoms. The van der Waals surface area contributed by atoms with Crippen molar-refractivity contribution in [1.82, 2.24) is 0 Å². The molecule has 0 nitrogen and oxygen atoms in total. The van der Waals surface area contributed by atoms with Crippen molar-refractivity contribution >= 4 is 23.3 Å². The molecule has 0 heterocycles. The van der Waals surface area contributed by atoms with E-state index in [9.17, 15) is 0 Å². The molecule has 0 bridgehead atoms. The zero-order chi connectivity index (χ0) is 12.7. The van der Waals surface area contributed by atoms with Gasteiger partial charge in [0.05, 0.1) is 0 Å². The van der Waals surface area contributed by atoms with Crippen LogP contribution in [0.2, 0.25) is 5.02 Å². The monoisotopic (exact) mass is 252 g/mol. The average Bonchev–Trinajstić information content (AvgIpc) is 2.71. The summed E-state index contributed by atoms with van der Waals surface area (Å²) >= 11 is 6.11. The van der Waals surface area contributed by atoms with Gasteiger partial charge in [-0.15, -0.1) is 0 Å². The minimum absolute atomic E-state index is 0.779. The van der Waals surface area contributed by atoms with Crippen LogP contribution in [-0.2, 0) is 0 Å². The van der Waals surface area contributed by atoms with Gasteiger partial charge in [-0.25, -0.2) is 0 Å². The Morgan fingerprint density at radius 1 is 1.06 bits per heavy atom. The van der Waals surface area contributed by atoms with Crippen LogP contribution in [0.4, 0.5) is 0 Å². The van der Waals surface area contributed by atoms with E-state index in [1.54, 1.807) is 0 Å². The maximum Gasteiger partial charge on any atom is 0.0412 e. The quantitative estimate of drug-likeness (QED) is 0.543. The zero-order valence-corrected chi connectivity index (χ0v) is 11.0. The predicted octanol–water partition coefficient (Wildman–Crippen LogP) is 5.42. The summed E-state index contributed by atoms with van der Waals surface area (Å²) in [7, 11) is 0. The third kappa shape index (κ3) is 1.46. The molecular formula is C17H13Cl. The van der Waals surface area contributed by atoms with E-state index in [0.717, 1.165) is 5.02 Å². The molecule has 0 radical (unpaired) electrons. The highest BCUT2D eigenvalue weighted by atomic mass is 35.5. The maximum absolute atomic E-state index is 6.11. The molecule has 2 aromatic carbocycles. The van der Waals surface area contributed by atoms with E-state index in [1.807, 2.05) is 18.2 Å². The summed E-state index contributed by atoms with van der Waals surface area (Å²) in [6.07, 6.45) is 4.06. The largest absolute Gasteiger partial charge is 0.0984 e. The van der Waals surface area contributed by atoms with Crippen molar-refractivity contribution in [3.05, 3.63) is 70.8 Å². The fourth-order valence-electron chi connectivity index (χ4n) is 2.67. The first kappa shape index (κ1) is 11.3. The number of benzene rings is 2. The standard InChI is InChI=1S/C17H13Cl/c1-3-11-6-5-7-15-14-9-8-12(18)10-16(14)13(4-2)17(11)15/h3-10H,1H2,2H3/b13-4-. The van der Waals surface area contributed by atoms with Crippen molar-refractivity contribution in [2.24, 2.45) is 0 Å². The molecule has 0 fully saturated rings. The molecule has 0 saturated heterocycles. The molecule has 0 saturated carbocycles. The van der Waals surface area contributed by atoms with Crippen LogP contribution in [0.15, 0.2) is 49.1 Å². The number of rotatable bonds is 1. The summed E-state index contributed by atoms with van der Waals surface area (Å²) in [5, 5.41) is 0.779. The van der Waals surface area contributed by atoms with Gasteiger partial charge in [-0.1, -0.05) is 54.6 Å². The van der Waals surface area contributed by atoms with E-state index in [-0.39, 0.29) is 0 Å². The Morgan fingerprint density at radius 2 is 1.89 bits per heavy atom. The highest BCUT2D eigenvalue weighted by molar-refractivity contribution is 6.31. The molecule has 18 heavy (non-hydrogen) atoms. The van der Waals surface area contributed by atoms with Crippen LogP contribution in [0, 0.1) is 0 Å². The number of fused-ring (bicyclic) bond motifs is 3. The second kappa shape index (κ2) is 4.15. The Kier molecular flexibility index (Phi) is 2.61. The van der Waals surface area contributed by atoms with E-state index >= 15 is 0 Å². The summed E-state index contributed by atoms with van der Waals surface area (Å²) in [6.45, 7) is 5.97. The Labute approximate surface area is 112 Å². The van der Waals surface area contributed by atoms with E-state index in [4.69, 9.17) is 11.6 Å². The minimum Gasteiger partial charge on any atom is -0.0984 e. The van der Waals surface area contributed by atoms with Gasteiger partial charge in [0.25, 0.3) is 0 Å². The van der Waals surface area contributed by atoms with Crippen LogP contribution in [0.5, 0.6) is 0 Å². The summed E-state index contributed by atoms with van der Waals surface area (Å²) < 4.78 is 0. The topological polar surface area (TPSA) is 0 Å². The van der Waals surface area contributed by atoms with Gasteiger partial charge in [0, 0.05) is 5.02 Å². The number of hydrogen-bond donors (Lipinski definition) is 0. The van der Waals surface area contributed by atoms with Gasteiger partial charge in [0.2, 0.25) is 0 Å². The molecule has 3 rings (SSSR count). The van der Waals surface area contributed by atoms with Crippen molar-refractivity contribution in [1.29, 1.82) is 0 Å². The maximum atomic E-state index is 6.11. The van der Waals surface area contributed by atoms with Crippen LogP contribution >= 0.6 is 11.6 Å². The molecule has 0 spiro atoms. The average molecular weight is 253 g/mol. The predicted molar refractivity (Wildman–Crippen MR) is 79.7 cm³/mol. The molecule has 1 aliphatic rings. The smallest absolute Gasteiger partial charge is 0.0412 e. The molecular weight excluding hydrogens is 240 g/mol. The fraction of sp³-hybridized carbons (Fsp3) is 0.0588. The first-order valence-electron chi connectivity index (χ1n) is 5.98. The van der Waals surface area contributed by atoms with E-state index in [2.05, 4.69) is 43.8 Å². The highest BCUT2D eigenvalue weighted by Crippen LogP contribution is 2.46.